The minimum absolute atomic E-state index is 0.106. The number of likely N-dealkylation sites (tertiary alicyclic amines) is 1. The van der Waals surface area contributed by atoms with Crippen LogP contribution in [0.3, 0.4) is 0 Å². The van der Waals surface area contributed by atoms with Crippen molar-refractivity contribution in [1.29, 1.82) is 0 Å². The summed E-state index contributed by atoms with van der Waals surface area (Å²) in [6.45, 7) is 5.63. The molecule has 0 atom stereocenters. The maximum atomic E-state index is 13.0. The number of halogens is 1. The van der Waals surface area contributed by atoms with Crippen LogP contribution >= 0.6 is 11.6 Å². The first kappa shape index (κ1) is 17.4. The molecule has 2 aromatic rings. The molecule has 1 N–H and O–H groups in total. The van der Waals surface area contributed by atoms with E-state index in [9.17, 15) is 4.79 Å². The Bertz CT molecular complexity index is 800. The van der Waals surface area contributed by atoms with Crippen LogP contribution in [0.15, 0.2) is 48.5 Å². The van der Waals surface area contributed by atoms with Gasteiger partial charge in [0.1, 0.15) is 5.66 Å². The zero-order valence-corrected chi connectivity index (χ0v) is 15.8. The molecule has 2 aromatic carbocycles. The van der Waals surface area contributed by atoms with Crippen molar-refractivity contribution < 1.29 is 4.79 Å². The Labute approximate surface area is 159 Å². The summed E-state index contributed by atoms with van der Waals surface area (Å²) < 4.78 is 0. The fraction of sp³-hybridized carbons (Fsp3) is 0.381. The average Bonchev–Trinajstić information content (AvgIpc) is 2.65. The molecule has 1 saturated heterocycles. The van der Waals surface area contributed by atoms with Crippen LogP contribution in [0.2, 0.25) is 5.02 Å². The van der Waals surface area contributed by atoms with E-state index in [2.05, 4.69) is 41.4 Å². The fourth-order valence-corrected chi connectivity index (χ4v) is 4.40. The monoisotopic (exact) mass is 369 g/mol. The van der Waals surface area contributed by atoms with E-state index >= 15 is 0 Å². The summed E-state index contributed by atoms with van der Waals surface area (Å²) in [4.78, 5) is 17.5. The van der Waals surface area contributed by atoms with Gasteiger partial charge in [-0.25, -0.2) is 0 Å². The number of carbonyl (C=O) groups excluding carboxylic acids is 1. The highest BCUT2D eigenvalue weighted by Crippen LogP contribution is 2.38. The molecule has 1 spiro atoms. The molecule has 0 radical (unpaired) electrons. The number of carbonyl (C=O) groups is 1. The summed E-state index contributed by atoms with van der Waals surface area (Å²) in [5, 5.41) is 4.32. The van der Waals surface area contributed by atoms with Crippen molar-refractivity contribution in [3.05, 3.63) is 64.7 Å². The van der Waals surface area contributed by atoms with E-state index in [-0.39, 0.29) is 11.6 Å². The van der Waals surface area contributed by atoms with Gasteiger partial charge in [-0.3, -0.25) is 9.69 Å². The number of anilines is 1. The first-order valence-electron chi connectivity index (χ1n) is 9.27. The topological polar surface area (TPSA) is 35.6 Å². The van der Waals surface area contributed by atoms with Gasteiger partial charge in [-0.05, 0) is 30.7 Å². The van der Waals surface area contributed by atoms with Gasteiger partial charge in [0.25, 0.3) is 5.91 Å². The lowest BCUT2D eigenvalue weighted by atomic mass is 9.90. The number of piperidine rings is 1. The molecule has 1 amide bonds. The summed E-state index contributed by atoms with van der Waals surface area (Å²) in [6, 6.07) is 16.0. The minimum Gasteiger partial charge on any atom is -0.362 e. The number of amides is 1. The van der Waals surface area contributed by atoms with Gasteiger partial charge in [0.15, 0.2) is 0 Å². The van der Waals surface area contributed by atoms with Crippen LogP contribution in [0.1, 0.15) is 35.7 Å². The smallest absolute Gasteiger partial charge is 0.257 e. The number of benzene rings is 2. The maximum absolute atomic E-state index is 13.0. The van der Waals surface area contributed by atoms with Gasteiger partial charge < -0.3 is 10.2 Å². The second kappa shape index (κ2) is 6.93. The Morgan fingerprint density at radius 1 is 1.12 bits per heavy atom. The summed E-state index contributed by atoms with van der Waals surface area (Å²) in [6.07, 6.45) is 1.82. The van der Waals surface area contributed by atoms with Gasteiger partial charge in [-0.1, -0.05) is 41.9 Å². The largest absolute Gasteiger partial charge is 0.362 e. The summed E-state index contributed by atoms with van der Waals surface area (Å²) >= 11 is 6.16. The molecule has 2 heterocycles. The number of rotatable bonds is 3. The molecule has 2 aliphatic heterocycles. The van der Waals surface area contributed by atoms with Crippen LogP contribution in [-0.2, 0) is 6.54 Å². The van der Waals surface area contributed by atoms with Crippen LogP contribution in [-0.4, -0.2) is 41.0 Å². The molecule has 4 rings (SSSR count). The van der Waals surface area contributed by atoms with E-state index in [0.717, 1.165) is 38.2 Å². The highest BCUT2D eigenvalue weighted by atomic mass is 35.5. The van der Waals surface area contributed by atoms with Gasteiger partial charge in [-0.2, -0.15) is 0 Å². The third-order valence-electron chi connectivity index (χ3n) is 5.59. The van der Waals surface area contributed by atoms with Crippen molar-refractivity contribution >= 4 is 23.2 Å². The molecule has 136 valence electrons. The molecule has 0 unspecified atom stereocenters. The Kier molecular flexibility index (Phi) is 4.63. The predicted octanol–water partition coefficient (Wildman–Crippen LogP) is 4.22. The molecular formula is C21H24ClN3O. The van der Waals surface area contributed by atoms with Crippen molar-refractivity contribution in [3.63, 3.8) is 0 Å². The molecule has 5 heteroatoms. The zero-order chi connectivity index (χ0) is 18.1. The van der Waals surface area contributed by atoms with Crippen molar-refractivity contribution in [3.8, 4) is 0 Å². The van der Waals surface area contributed by atoms with Gasteiger partial charge in [0, 0.05) is 44.0 Å². The maximum Gasteiger partial charge on any atom is 0.257 e. The van der Waals surface area contributed by atoms with Crippen LogP contribution < -0.4 is 5.32 Å². The molecule has 0 aliphatic carbocycles. The van der Waals surface area contributed by atoms with E-state index in [1.165, 1.54) is 5.56 Å². The number of fused-ring (bicyclic) bond motifs is 1. The molecule has 0 saturated carbocycles. The van der Waals surface area contributed by atoms with Crippen molar-refractivity contribution in [2.45, 2.75) is 32.0 Å². The molecule has 0 aromatic heterocycles. The highest BCUT2D eigenvalue weighted by Gasteiger charge is 2.45. The van der Waals surface area contributed by atoms with E-state index in [1.807, 2.05) is 23.1 Å². The second-order valence-electron chi connectivity index (χ2n) is 7.16. The van der Waals surface area contributed by atoms with Gasteiger partial charge >= 0.3 is 0 Å². The number of hydrogen-bond donors (Lipinski definition) is 1. The van der Waals surface area contributed by atoms with Crippen molar-refractivity contribution in [1.82, 2.24) is 9.80 Å². The summed E-state index contributed by atoms with van der Waals surface area (Å²) in [5.74, 6) is 0.106. The Balaban J connectivity index is 1.54. The second-order valence-corrected chi connectivity index (χ2v) is 7.59. The Hall–Kier alpha value is -2.04. The van der Waals surface area contributed by atoms with Gasteiger partial charge in [0.05, 0.1) is 11.3 Å². The average molecular weight is 370 g/mol. The molecule has 1 fully saturated rings. The highest BCUT2D eigenvalue weighted by molar-refractivity contribution is 6.31. The lowest BCUT2D eigenvalue weighted by Crippen LogP contribution is -2.63. The Morgan fingerprint density at radius 3 is 2.54 bits per heavy atom. The summed E-state index contributed by atoms with van der Waals surface area (Å²) in [5.41, 5.74) is 2.61. The first-order valence-corrected chi connectivity index (χ1v) is 9.65. The van der Waals surface area contributed by atoms with E-state index in [0.29, 0.717) is 17.1 Å². The fourth-order valence-electron chi connectivity index (χ4n) is 4.23. The van der Waals surface area contributed by atoms with Gasteiger partial charge in [0.2, 0.25) is 0 Å². The van der Waals surface area contributed by atoms with Crippen LogP contribution in [0.5, 0.6) is 0 Å². The quantitative estimate of drug-likeness (QED) is 0.879. The van der Waals surface area contributed by atoms with Gasteiger partial charge in [-0.15, -0.1) is 0 Å². The molecule has 2 aliphatic rings. The SMILES string of the molecule is CCN1C(=O)c2ccc(Cl)cc2NC12CCN(Cc1ccccc1)CC2. The van der Waals surface area contributed by atoms with E-state index in [4.69, 9.17) is 11.6 Å². The van der Waals surface area contributed by atoms with Crippen molar-refractivity contribution in [2.24, 2.45) is 0 Å². The Morgan fingerprint density at radius 2 is 1.85 bits per heavy atom. The molecular weight excluding hydrogens is 346 g/mol. The lowest BCUT2D eigenvalue weighted by molar-refractivity contribution is 0.0278. The van der Waals surface area contributed by atoms with Crippen LogP contribution in [0.4, 0.5) is 5.69 Å². The van der Waals surface area contributed by atoms with Crippen molar-refractivity contribution in [2.75, 3.05) is 25.0 Å². The predicted molar refractivity (Wildman–Crippen MR) is 105 cm³/mol. The third-order valence-corrected chi connectivity index (χ3v) is 5.82. The number of hydrogen-bond acceptors (Lipinski definition) is 3. The first-order chi connectivity index (χ1) is 12.6. The molecule has 4 nitrogen and oxygen atoms in total. The number of nitrogens with zero attached hydrogens (tertiary/aromatic N) is 2. The standard InChI is InChI=1S/C21H24ClN3O/c1-2-25-20(26)18-9-8-17(22)14-19(18)23-21(25)10-12-24(13-11-21)15-16-6-4-3-5-7-16/h3-9,14,23H,2,10-13,15H2,1H3. The van der Waals surface area contributed by atoms with E-state index < -0.39 is 0 Å². The third kappa shape index (κ3) is 3.08. The van der Waals surface area contributed by atoms with E-state index in [1.54, 1.807) is 6.07 Å². The normalized spacial score (nSPS) is 19.3. The van der Waals surface area contributed by atoms with Crippen LogP contribution in [0, 0.1) is 0 Å². The molecule has 0 bridgehead atoms. The zero-order valence-electron chi connectivity index (χ0n) is 15.0. The number of nitrogens with one attached hydrogen (secondary N) is 1. The minimum atomic E-state index is -0.309. The molecule has 26 heavy (non-hydrogen) atoms. The summed E-state index contributed by atoms with van der Waals surface area (Å²) in [7, 11) is 0. The lowest BCUT2D eigenvalue weighted by Gasteiger charge is -2.52. The van der Waals surface area contributed by atoms with Crippen LogP contribution in [0.25, 0.3) is 0 Å².